The van der Waals surface area contributed by atoms with E-state index in [4.69, 9.17) is 2.74 Å². The molecule has 0 radical (unpaired) electrons. The van der Waals surface area contributed by atoms with Crippen molar-refractivity contribution in [2.24, 2.45) is 0 Å². The van der Waals surface area contributed by atoms with E-state index in [-0.39, 0.29) is 0 Å². The van der Waals surface area contributed by atoms with Crippen molar-refractivity contribution in [1.29, 1.82) is 0 Å². The predicted molar refractivity (Wildman–Crippen MR) is 52.3 cm³/mol. The van der Waals surface area contributed by atoms with Crippen molar-refractivity contribution in [3.05, 3.63) is 35.8 Å². The molecule has 1 aromatic carbocycles. The molecule has 1 aromatic rings. The van der Waals surface area contributed by atoms with Gasteiger partial charge in [0.25, 0.3) is 0 Å². The minimum absolute atomic E-state index is 0.484. The highest BCUT2D eigenvalue weighted by molar-refractivity contribution is 5.19. The minimum atomic E-state index is 0.484. The van der Waals surface area contributed by atoms with Crippen LogP contribution in [-0.4, -0.2) is 0 Å². The van der Waals surface area contributed by atoms with Crippen LogP contribution in [0.25, 0.3) is 0 Å². The van der Waals surface area contributed by atoms with Crippen LogP contribution in [0.5, 0.6) is 0 Å². The van der Waals surface area contributed by atoms with Gasteiger partial charge in [0.05, 0.1) is 2.74 Å². The third-order valence-electron chi connectivity index (χ3n) is 2.74. The van der Waals surface area contributed by atoms with E-state index < -0.39 is 0 Å². The zero-order chi connectivity index (χ0) is 9.97. The zero-order valence-corrected chi connectivity index (χ0v) is 7.34. The van der Waals surface area contributed by atoms with Crippen LogP contribution >= 0.6 is 0 Å². The van der Waals surface area contributed by atoms with Gasteiger partial charge in [-0.15, -0.1) is 0 Å². The summed E-state index contributed by atoms with van der Waals surface area (Å²) in [5, 5.41) is 0. The molecule has 2 rings (SSSR count). The van der Waals surface area contributed by atoms with Gasteiger partial charge < -0.3 is 0 Å². The minimum Gasteiger partial charge on any atom is -0.0622 e. The Hall–Kier alpha value is -0.780. The molecule has 0 N–H and O–H groups in total. The van der Waals surface area contributed by atoms with Crippen molar-refractivity contribution in [2.75, 3.05) is 0 Å². The molecule has 0 aromatic heterocycles. The molecule has 1 fully saturated rings. The summed E-state index contributed by atoms with van der Waals surface area (Å²) in [4.78, 5) is 0. The fourth-order valence-corrected chi connectivity index (χ4v) is 2.04. The molecule has 0 bridgehead atoms. The van der Waals surface area contributed by atoms with Gasteiger partial charge in [0, 0.05) is 0 Å². The molecule has 0 amide bonds. The fourth-order valence-electron chi connectivity index (χ4n) is 2.04. The van der Waals surface area contributed by atoms with Crippen LogP contribution < -0.4 is 0 Å². The number of hydrogen-bond acceptors (Lipinski definition) is 0. The molecule has 12 heavy (non-hydrogen) atoms. The fraction of sp³-hybridized carbons (Fsp3) is 0.500. The molecular weight excluding hydrogens is 144 g/mol. The van der Waals surface area contributed by atoms with Crippen molar-refractivity contribution in [2.45, 2.75) is 38.0 Å². The highest BCUT2D eigenvalue weighted by Gasteiger charge is 2.14. The van der Waals surface area contributed by atoms with Crippen molar-refractivity contribution in [3.63, 3.8) is 0 Å². The quantitative estimate of drug-likeness (QED) is 0.590. The summed E-state index contributed by atoms with van der Waals surface area (Å²) >= 11 is 0. The molecule has 0 spiro atoms. The summed E-state index contributed by atoms with van der Waals surface area (Å²) < 4.78 is 15.2. The van der Waals surface area contributed by atoms with Gasteiger partial charge in [-0.1, -0.05) is 49.5 Å². The van der Waals surface area contributed by atoms with E-state index in [1.165, 1.54) is 37.7 Å². The SMILES string of the molecule is [2H]c1cc([2H])cc(C2CCCCC2)c1. The van der Waals surface area contributed by atoms with Crippen LogP contribution in [0, 0.1) is 0 Å². The van der Waals surface area contributed by atoms with E-state index >= 15 is 0 Å². The van der Waals surface area contributed by atoms with Gasteiger partial charge in [0.15, 0.2) is 0 Å². The van der Waals surface area contributed by atoms with Crippen LogP contribution in [0.3, 0.4) is 0 Å². The third kappa shape index (κ3) is 1.69. The van der Waals surface area contributed by atoms with Gasteiger partial charge in [-0.25, -0.2) is 0 Å². The van der Waals surface area contributed by atoms with Crippen LogP contribution in [0.2, 0.25) is 0 Å². The topological polar surface area (TPSA) is 0 Å². The lowest BCUT2D eigenvalue weighted by Gasteiger charge is -2.21. The number of hydrogen-bond donors (Lipinski definition) is 0. The molecular formula is C12H16. The lowest BCUT2D eigenvalue weighted by atomic mass is 9.84. The molecule has 1 saturated carbocycles. The van der Waals surface area contributed by atoms with E-state index in [0.717, 1.165) is 0 Å². The number of benzene rings is 1. The highest BCUT2D eigenvalue weighted by Crippen LogP contribution is 2.31. The van der Waals surface area contributed by atoms with Crippen molar-refractivity contribution in [1.82, 2.24) is 0 Å². The van der Waals surface area contributed by atoms with Crippen LogP contribution in [0.15, 0.2) is 30.3 Å². The first-order valence-corrected chi connectivity index (χ1v) is 4.84. The lowest BCUT2D eigenvalue weighted by molar-refractivity contribution is 0.443. The van der Waals surface area contributed by atoms with Gasteiger partial charge in [0.1, 0.15) is 0 Å². The summed E-state index contributed by atoms with van der Waals surface area (Å²) in [7, 11) is 0. The lowest BCUT2D eigenvalue weighted by Crippen LogP contribution is -2.03. The third-order valence-corrected chi connectivity index (χ3v) is 2.74. The van der Waals surface area contributed by atoms with Gasteiger partial charge in [-0.2, -0.15) is 0 Å². The van der Waals surface area contributed by atoms with Crippen molar-refractivity contribution in [3.8, 4) is 0 Å². The van der Waals surface area contributed by atoms with Gasteiger partial charge in [-0.3, -0.25) is 0 Å². The first-order chi connectivity index (χ1) is 6.75. The summed E-state index contributed by atoms with van der Waals surface area (Å²) in [5.41, 5.74) is 1.21. The van der Waals surface area contributed by atoms with Crippen molar-refractivity contribution >= 4 is 0 Å². The normalized spacial score (nSPS) is 21.7. The summed E-state index contributed by atoms with van der Waals surface area (Å²) in [6.45, 7) is 0. The van der Waals surface area contributed by atoms with E-state index in [1.807, 2.05) is 12.1 Å². The molecule has 1 aliphatic carbocycles. The number of rotatable bonds is 1. The Labute approximate surface area is 77.4 Å². The Morgan fingerprint density at radius 3 is 2.42 bits per heavy atom. The van der Waals surface area contributed by atoms with Gasteiger partial charge in [-0.05, 0) is 24.3 Å². The average Bonchev–Trinajstić information content (AvgIpc) is 2.18. The second-order valence-electron chi connectivity index (χ2n) is 3.60. The standard InChI is InChI=1S/C12H16/c1-3-7-11(8-4-1)12-9-5-2-6-10-12/h1,3-4,7-8,12H,2,5-6,9-10H2/i3D,4D. The van der Waals surface area contributed by atoms with Gasteiger partial charge in [0.2, 0.25) is 0 Å². The zero-order valence-electron chi connectivity index (χ0n) is 9.34. The maximum absolute atomic E-state index is 7.58. The molecule has 0 aliphatic heterocycles. The molecule has 0 saturated heterocycles. The van der Waals surface area contributed by atoms with E-state index in [2.05, 4.69) is 0 Å². The molecule has 0 unspecified atom stereocenters. The van der Waals surface area contributed by atoms with Crippen LogP contribution in [0.4, 0.5) is 0 Å². The Balaban J connectivity index is 2.21. The second kappa shape index (κ2) is 3.75. The summed E-state index contributed by atoms with van der Waals surface area (Å²) in [5.74, 6) is 0.609. The van der Waals surface area contributed by atoms with E-state index in [0.29, 0.717) is 18.0 Å². The first kappa shape index (κ1) is 5.80. The summed E-state index contributed by atoms with van der Waals surface area (Å²) in [6.07, 6.45) is 6.44. The highest BCUT2D eigenvalue weighted by atomic mass is 14.2. The smallest absolute Gasteiger partial charge is 0.0622 e. The largest absolute Gasteiger partial charge is 0.0623 e. The van der Waals surface area contributed by atoms with Crippen molar-refractivity contribution < 1.29 is 2.74 Å². The van der Waals surface area contributed by atoms with Crippen LogP contribution in [-0.2, 0) is 0 Å². The molecule has 0 nitrogen and oxygen atoms in total. The maximum atomic E-state index is 7.58. The van der Waals surface area contributed by atoms with E-state index in [1.54, 1.807) is 6.07 Å². The Morgan fingerprint density at radius 1 is 1.08 bits per heavy atom. The van der Waals surface area contributed by atoms with Crippen LogP contribution in [0.1, 0.15) is 46.3 Å². The second-order valence-corrected chi connectivity index (χ2v) is 3.60. The van der Waals surface area contributed by atoms with E-state index in [9.17, 15) is 0 Å². The maximum Gasteiger partial charge on any atom is 0.0623 e. The Morgan fingerprint density at radius 2 is 1.75 bits per heavy atom. The molecule has 64 valence electrons. The Bertz CT molecular complexity index is 294. The summed E-state index contributed by atoms with van der Waals surface area (Å²) in [6, 6.07) is 6.42. The first-order valence-electron chi connectivity index (χ1n) is 5.84. The van der Waals surface area contributed by atoms with Gasteiger partial charge >= 0.3 is 0 Å². The monoisotopic (exact) mass is 162 g/mol. The molecule has 1 aliphatic rings. The Kier molecular flexibility index (Phi) is 1.81. The molecule has 0 atom stereocenters. The molecule has 0 heterocycles. The predicted octanol–water partition coefficient (Wildman–Crippen LogP) is 3.73. The molecule has 0 heteroatoms. The average molecular weight is 162 g/mol.